The van der Waals surface area contributed by atoms with Gasteiger partial charge in [-0.2, -0.15) is 0 Å². The van der Waals surface area contributed by atoms with Gasteiger partial charge in [-0.15, -0.1) is 24.0 Å². The molecule has 8 heteroatoms. The van der Waals surface area contributed by atoms with E-state index in [9.17, 15) is 4.39 Å². The van der Waals surface area contributed by atoms with Crippen LogP contribution in [0.15, 0.2) is 29.3 Å². The van der Waals surface area contributed by atoms with Crippen LogP contribution in [-0.4, -0.2) is 69.5 Å². The number of rotatable bonds is 8. The lowest BCUT2D eigenvalue weighted by Gasteiger charge is -2.33. The van der Waals surface area contributed by atoms with Gasteiger partial charge in [0.15, 0.2) is 5.96 Å². The molecule has 0 unspecified atom stereocenters. The third-order valence-corrected chi connectivity index (χ3v) is 5.61. The van der Waals surface area contributed by atoms with E-state index in [4.69, 9.17) is 9.47 Å². The Morgan fingerprint density at radius 1 is 1.17 bits per heavy atom. The van der Waals surface area contributed by atoms with E-state index in [1.54, 1.807) is 0 Å². The molecule has 2 fully saturated rings. The third kappa shape index (κ3) is 9.03. The highest BCUT2D eigenvalue weighted by Crippen LogP contribution is 2.14. The Morgan fingerprint density at radius 2 is 1.87 bits per heavy atom. The largest absolute Gasteiger partial charge is 0.381 e. The third-order valence-electron chi connectivity index (χ3n) is 5.61. The lowest BCUT2D eigenvalue weighted by atomic mass is 10.0. The minimum absolute atomic E-state index is 0. The van der Waals surface area contributed by atoms with Crippen LogP contribution in [0.1, 0.15) is 37.7 Å². The van der Waals surface area contributed by atoms with Crippen LogP contribution in [0, 0.1) is 5.82 Å². The van der Waals surface area contributed by atoms with E-state index in [0.29, 0.717) is 12.1 Å². The van der Waals surface area contributed by atoms with E-state index < -0.39 is 0 Å². The summed E-state index contributed by atoms with van der Waals surface area (Å²) in [7, 11) is 1.82. The zero-order valence-corrected chi connectivity index (χ0v) is 20.3. The lowest BCUT2D eigenvalue weighted by Crippen LogP contribution is -2.48. The van der Waals surface area contributed by atoms with Crippen molar-refractivity contribution in [3.05, 3.63) is 35.6 Å². The molecule has 0 radical (unpaired) electrons. The molecule has 0 atom stereocenters. The minimum Gasteiger partial charge on any atom is -0.381 e. The predicted molar refractivity (Wildman–Crippen MR) is 129 cm³/mol. The molecule has 0 amide bonds. The van der Waals surface area contributed by atoms with Crippen LogP contribution in [0.3, 0.4) is 0 Å². The van der Waals surface area contributed by atoms with Gasteiger partial charge >= 0.3 is 0 Å². The number of hydrogen-bond acceptors (Lipinski definition) is 4. The van der Waals surface area contributed by atoms with E-state index in [1.807, 2.05) is 19.2 Å². The fourth-order valence-corrected chi connectivity index (χ4v) is 3.84. The Hall–Kier alpha value is -0.970. The van der Waals surface area contributed by atoms with Crippen LogP contribution in [0.25, 0.3) is 0 Å². The van der Waals surface area contributed by atoms with Crippen LogP contribution in [0.4, 0.5) is 4.39 Å². The van der Waals surface area contributed by atoms with Crippen LogP contribution in [0.2, 0.25) is 0 Å². The first-order valence-electron chi connectivity index (χ1n) is 10.9. The van der Waals surface area contributed by atoms with E-state index >= 15 is 0 Å². The smallest absolute Gasteiger partial charge is 0.191 e. The topological polar surface area (TPSA) is 58.1 Å². The van der Waals surface area contributed by atoms with Crippen molar-refractivity contribution in [2.45, 2.75) is 50.8 Å². The summed E-state index contributed by atoms with van der Waals surface area (Å²) in [6.45, 7) is 6.22. The molecular formula is C22H36FIN4O2. The first-order valence-corrected chi connectivity index (χ1v) is 10.9. The standard InChI is InChI=1S/C22H35FN4O2.HI/c1-24-22(25-11-2-14-29-21-9-15-28-16-10-21)26-20-7-12-27(13-8-20)17-18-3-5-19(23)6-4-18;/h3-6,20-21H,2,7-17H2,1H3,(H2,24,25,26);1H. The molecule has 0 aromatic heterocycles. The first-order chi connectivity index (χ1) is 14.2. The second-order valence-electron chi connectivity index (χ2n) is 7.86. The zero-order valence-electron chi connectivity index (χ0n) is 17.9. The van der Waals surface area contributed by atoms with Crippen molar-refractivity contribution in [3.63, 3.8) is 0 Å². The highest BCUT2D eigenvalue weighted by molar-refractivity contribution is 14.0. The molecule has 2 aliphatic rings. The van der Waals surface area contributed by atoms with Gasteiger partial charge in [0.25, 0.3) is 0 Å². The predicted octanol–water partition coefficient (Wildman–Crippen LogP) is 3.16. The van der Waals surface area contributed by atoms with Gasteiger partial charge in [-0.1, -0.05) is 12.1 Å². The highest BCUT2D eigenvalue weighted by Gasteiger charge is 2.20. The number of benzene rings is 1. The monoisotopic (exact) mass is 534 g/mol. The lowest BCUT2D eigenvalue weighted by molar-refractivity contribution is -0.0320. The van der Waals surface area contributed by atoms with Crippen molar-refractivity contribution in [3.8, 4) is 0 Å². The van der Waals surface area contributed by atoms with Gasteiger partial charge in [0.2, 0.25) is 0 Å². The number of nitrogens with zero attached hydrogens (tertiary/aromatic N) is 2. The SMILES string of the molecule is CN=C(NCCCOC1CCOCC1)NC1CCN(Cc2ccc(F)cc2)CC1.I. The Morgan fingerprint density at radius 3 is 2.53 bits per heavy atom. The van der Waals surface area contributed by atoms with Crippen molar-refractivity contribution < 1.29 is 13.9 Å². The van der Waals surface area contributed by atoms with Crippen molar-refractivity contribution in [1.29, 1.82) is 0 Å². The van der Waals surface area contributed by atoms with E-state index in [1.165, 1.54) is 17.7 Å². The van der Waals surface area contributed by atoms with Gasteiger partial charge in [-0.3, -0.25) is 9.89 Å². The number of aliphatic imine (C=N–C) groups is 1. The van der Waals surface area contributed by atoms with Crippen LogP contribution in [0.5, 0.6) is 0 Å². The van der Waals surface area contributed by atoms with E-state index in [-0.39, 0.29) is 29.8 Å². The first kappa shape index (κ1) is 25.3. The average molecular weight is 534 g/mol. The summed E-state index contributed by atoms with van der Waals surface area (Å²) in [4.78, 5) is 6.78. The van der Waals surface area contributed by atoms with Gasteiger partial charge in [0.1, 0.15) is 5.82 Å². The molecule has 1 aromatic rings. The second-order valence-corrected chi connectivity index (χ2v) is 7.86. The van der Waals surface area contributed by atoms with Crippen molar-refractivity contribution in [1.82, 2.24) is 15.5 Å². The molecule has 0 spiro atoms. The summed E-state index contributed by atoms with van der Waals surface area (Å²) in [6, 6.07) is 7.25. The molecule has 1 aromatic carbocycles. The molecule has 30 heavy (non-hydrogen) atoms. The Balaban J connectivity index is 0.00000320. The number of hydrogen-bond donors (Lipinski definition) is 2. The summed E-state index contributed by atoms with van der Waals surface area (Å²) in [6.07, 6.45) is 5.51. The fraction of sp³-hybridized carbons (Fsp3) is 0.682. The van der Waals surface area contributed by atoms with Crippen molar-refractivity contribution in [2.75, 3.05) is 46.5 Å². The molecule has 0 saturated carbocycles. The molecule has 2 N–H and O–H groups in total. The summed E-state index contributed by atoms with van der Waals surface area (Å²) >= 11 is 0. The number of piperidine rings is 1. The molecule has 170 valence electrons. The summed E-state index contributed by atoms with van der Waals surface area (Å²) in [5, 5.41) is 6.94. The van der Waals surface area contributed by atoms with Gasteiger partial charge in [0, 0.05) is 59.1 Å². The molecule has 2 heterocycles. The summed E-state index contributed by atoms with van der Waals surface area (Å²) in [5.41, 5.74) is 1.17. The maximum absolute atomic E-state index is 13.0. The van der Waals surface area contributed by atoms with Crippen molar-refractivity contribution in [2.24, 2.45) is 4.99 Å². The maximum Gasteiger partial charge on any atom is 0.191 e. The maximum atomic E-state index is 13.0. The summed E-state index contributed by atoms with van der Waals surface area (Å²) < 4.78 is 24.3. The Kier molecular flexibility index (Phi) is 11.9. The normalized spacial score (nSPS) is 19.3. The molecular weight excluding hydrogens is 498 g/mol. The Bertz CT molecular complexity index is 618. The Labute approximate surface area is 197 Å². The van der Waals surface area contributed by atoms with Crippen LogP contribution >= 0.6 is 24.0 Å². The summed E-state index contributed by atoms with van der Waals surface area (Å²) in [5.74, 6) is 0.693. The molecule has 6 nitrogen and oxygen atoms in total. The van der Waals surface area contributed by atoms with E-state index in [0.717, 1.165) is 84.1 Å². The second kappa shape index (κ2) is 14.2. The average Bonchev–Trinajstić information content (AvgIpc) is 2.76. The number of ether oxygens (including phenoxy) is 2. The number of nitrogens with one attached hydrogen (secondary N) is 2. The number of guanidine groups is 1. The quantitative estimate of drug-likeness (QED) is 0.232. The highest BCUT2D eigenvalue weighted by atomic mass is 127. The number of halogens is 2. The fourth-order valence-electron chi connectivity index (χ4n) is 3.84. The van der Waals surface area contributed by atoms with E-state index in [2.05, 4.69) is 20.5 Å². The molecule has 0 bridgehead atoms. The van der Waals surface area contributed by atoms with Crippen LogP contribution < -0.4 is 10.6 Å². The number of likely N-dealkylation sites (tertiary alicyclic amines) is 1. The van der Waals surface area contributed by atoms with Gasteiger partial charge in [0.05, 0.1) is 6.10 Å². The minimum atomic E-state index is -0.175. The van der Waals surface area contributed by atoms with Gasteiger partial charge < -0.3 is 20.1 Å². The van der Waals surface area contributed by atoms with Crippen LogP contribution in [-0.2, 0) is 16.0 Å². The molecule has 2 aliphatic heterocycles. The van der Waals surface area contributed by atoms with Crippen molar-refractivity contribution >= 4 is 29.9 Å². The molecule has 3 rings (SSSR count). The molecule has 0 aliphatic carbocycles. The van der Waals surface area contributed by atoms with Gasteiger partial charge in [-0.05, 0) is 49.8 Å². The zero-order chi connectivity index (χ0) is 20.3. The van der Waals surface area contributed by atoms with Gasteiger partial charge in [-0.25, -0.2) is 4.39 Å². The molecule has 2 saturated heterocycles.